The minimum Gasteiger partial charge on any atom is -0.382 e. The van der Waals surface area contributed by atoms with E-state index in [1.165, 1.54) is 0 Å². The van der Waals surface area contributed by atoms with Crippen molar-refractivity contribution in [1.29, 1.82) is 5.26 Å². The lowest BCUT2D eigenvalue weighted by Gasteiger charge is -2.68. The van der Waals surface area contributed by atoms with E-state index in [-0.39, 0.29) is 58.2 Å². The van der Waals surface area contributed by atoms with Crippen LogP contribution in [0, 0.1) is 61.6 Å². The average molecular weight is 620 g/mol. The Morgan fingerprint density at radius 1 is 1.04 bits per heavy atom. The number of nitrogens with two attached hydrogens (primary N) is 1. The van der Waals surface area contributed by atoms with Gasteiger partial charge in [-0.05, 0) is 99.9 Å². The molecule has 7 atom stereocenters. The van der Waals surface area contributed by atoms with Gasteiger partial charge in [-0.25, -0.2) is 4.79 Å². The Morgan fingerprint density at radius 2 is 1.69 bits per heavy atom. The van der Waals surface area contributed by atoms with Crippen molar-refractivity contribution in [3.63, 3.8) is 0 Å². The largest absolute Gasteiger partial charge is 0.382 e. The van der Waals surface area contributed by atoms with Crippen molar-refractivity contribution in [3.05, 3.63) is 23.3 Å². The molecule has 0 aromatic carbocycles. The molecule has 8 nitrogen and oxygen atoms in total. The number of allylic oxidation sites excluding steroid dienone is 4. The number of hydrogen-bond donors (Lipinski definition) is 1. The summed E-state index contributed by atoms with van der Waals surface area (Å²) < 4.78 is 5.70. The van der Waals surface area contributed by atoms with E-state index >= 15 is 0 Å². The summed E-state index contributed by atoms with van der Waals surface area (Å²) in [5.41, 5.74) is 3.93. The number of nitrogens with zero attached hydrogens (tertiary/aromatic N) is 2. The van der Waals surface area contributed by atoms with Gasteiger partial charge in [-0.2, -0.15) is 5.26 Å². The summed E-state index contributed by atoms with van der Waals surface area (Å²) in [6.45, 7) is 20.9. The van der Waals surface area contributed by atoms with Crippen LogP contribution in [-0.2, 0) is 24.0 Å². The lowest BCUT2D eigenvalue weighted by molar-refractivity contribution is -0.193. The standard InChI is InChI=1S/C37H53N3O5/c1-31(2,3)44-21-27(39)40-45-30(43)37-15-13-32(4,5)19-23(37)28-24(41)17-26-34(8)18-22(20-38)29(42)33(6,7)25(34)11-12-35(26,9)36(28,10)14-16-37/h17-18,23,25,28H,11-16,19,21H2,1-10H3,(H2,39,40)/t23-,25-,28-,34-,35+,36+,37-/m0/s1. The van der Waals surface area contributed by atoms with Crippen molar-refractivity contribution < 1.29 is 24.0 Å². The minimum atomic E-state index is -0.833. The number of Topliss-reactive ketones (excluding diaryl/α,β-unsaturated/α-hetero) is 1. The van der Waals surface area contributed by atoms with E-state index < -0.39 is 33.2 Å². The number of ketones is 2. The van der Waals surface area contributed by atoms with Crippen molar-refractivity contribution in [2.75, 3.05) is 6.61 Å². The first-order chi connectivity index (χ1) is 20.6. The Labute approximate surface area is 269 Å². The first kappa shape index (κ1) is 33.6. The molecule has 8 heteroatoms. The van der Waals surface area contributed by atoms with Crippen molar-refractivity contribution >= 4 is 23.4 Å². The molecule has 0 radical (unpaired) electrons. The van der Waals surface area contributed by atoms with Crippen LogP contribution in [0.2, 0.25) is 0 Å². The number of carbonyl (C=O) groups is 3. The summed E-state index contributed by atoms with van der Waals surface area (Å²) in [5.74, 6) is -0.954. The molecule has 3 fully saturated rings. The quantitative estimate of drug-likeness (QED) is 0.158. The molecule has 0 bridgehead atoms. The molecule has 45 heavy (non-hydrogen) atoms. The predicted molar refractivity (Wildman–Crippen MR) is 172 cm³/mol. The van der Waals surface area contributed by atoms with Crippen LogP contribution in [0.3, 0.4) is 0 Å². The van der Waals surface area contributed by atoms with Gasteiger partial charge >= 0.3 is 5.97 Å². The van der Waals surface area contributed by atoms with Crippen LogP contribution in [0.5, 0.6) is 0 Å². The van der Waals surface area contributed by atoms with Crippen LogP contribution in [0.1, 0.15) is 114 Å². The fraction of sp³-hybridized carbons (Fsp3) is 0.757. The average Bonchev–Trinajstić information content (AvgIpc) is 2.93. The third-order valence-electron chi connectivity index (χ3n) is 13.2. The maximum atomic E-state index is 14.7. The SMILES string of the molecule is CC1(C)CC[C@]2(C(=O)ON=C(N)COC(C)(C)C)CC[C@]3(C)[C@H](C(=O)C=C4[C@@]5(C)C=C(C#N)C(=O)C(C)(C)[C@@H]5CC[C@]43C)[C@@H]2C1. The maximum absolute atomic E-state index is 14.7. The van der Waals surface area contributed by atoms with E-state index in [0.29, 0.717) is 19.3 Å². The van der Waals surface area contributed by atoms with Gasteiger partial charge in [-0.15, -0.1) is 0 Å². The summed E-state index contributed by atoms with van der Waals surface area (Å²) in [6, 6.07) is 2.17. The second kappa shape index (κ2) is 10.4. The third kappa shape index (κ3) is 4.94. The van der Waals surface area contributed by atoms with Crippen LogP contribution in [0.15, 0.2) is 28.5 Å². The van der Waals surface area contributed by atoms with Crippen LogP contribution >= 0.6 is 0 Å². The maximum Gasteiger partial charge on any atom is 0.341 e. The Bertz CT molecular complexity index is 1460. The van der Waals surface area contributed by atoms with E-state index in [9.17, 15) is 19.6 Å². The second-order valence-corrected chi connectivity index (χ2v) is 17.8. The summed E-state index contributed by atoms with van der Waals surface area (Å²) in [5, 5.41) is 14.0. The number of amidine groups is 1. The number of ether oxygens (including phenoxy) is 1. The highest BCUT2D eigenvalue weighted by atomic mass is 16.7. The zero-order chi connectivity index (χ0) is 33.6. The van der Waals surface area contributed by atoms with Gasteiger partial charge in [0.1, 0.15) is 12.7 Å². The molecule has 0 aromatic rings. The molecule has 0 spiro atoms. The number of rotatable bonds is 4. The first-order valence-corrected chi connectivity index (χ1v) is 16.7. The fourth-order valence-corrected chi connectivity index (χ4v) is 10.5. The van der Waals surface area contributed by atoms with Crippen molar-refractivity contribution in [2.45, 2.75) is 120 Å². The molecule has 3 saturated carbocycles. The van der Waals surface area contributed by atoms with Gasteiger partial charge in [0.2, 0.25) is 0 Å². The van der Waals surface area contributed by atoms with E-state index in [4.69, 9.17) is 15.3 Å². The lowest BCUT2D eigenvalue weighted by Crippen LogP contribution is -2.65. The van der Waals surface area contributed by atoms with Crippen molar-refractivity contribution in [2.24, 2.45) is 61.1 Å². The first-order valence-electron chi connectivity index (χ1n) is 16.7. The minimum absolute atomic E-state index is 0.0151. The molecule has 0 unspecified atom stereocenters. The number of oxime groups is 1. The zero-order valence-electron chi connectivity index (χ0n) is 29.1. The van der Waals surface area contributed by atoms with Gasteiger partial charge in [0.15, 0.2) is 17.4 Å². The monoisotopic (exact) mass is 619 g/mol. The third-order valence-corrected chi connectivity index (χ3v) is 13.2. The summed E-state index contributed by atoms with van der Waals surface area (Å²) >= 11 is 0. The molecule has 0 aliphatic heterocycles. The van der Waals surface area contributed by atoms with Crippen LogP contribution in [0.4, 0.5) is 0 Å². The number of fused-ring (bicyclic) bond motifs is 7. The van der Waals surface area contributed by atoms with E-state index in [1.54, 1.807) is 0 Å². The Kier molecular flexibility index (Phi) is 7.73. The van der Waals surface area contributed by atoms with Crippen LogP contribution < -0.4 is 5.73 Å². The normalized spacial score (nSPS) is 40.5. The molecule has 0 amide bonds. The molecule has 5 rings (SSSR count). The Hall–Kier alpha value is -2.79. The molecule has 246 valence electrons. The fourth-order valence-electron chi connectivity index (χ4n) is 10.5. The highest BCUT2D eigenvalue weighted by Crippen LogP contribution is 2.74. The topological polar surface area (TPSA) is 132 Å². The van der Waals surface area contributed by atoms with Gasteiger partial charge in [0.25, 0.3) is 0 Å². The van der Waals surface area contributed by atoms with Gasteiger partial charge in [0, 0.05) is 16.7 Å². The van der Waals surface area contributed by atoms with E-state index in [1.807, 2.05) is 46.8 Å². The van der Waals surface area contributed by atoms with Gasteiger partial charge < -0.3 is 15.3 Å². The predicted octanol–water partition coefficient (Wildman–Crippen LogP) is 6.84. The van der Waals surface area contributed by atoms with Crippen LogP contribution in [0.25, 0.3) is 0 Å². The molecule has 0 aromatic heterocycles. The molecule has 0 saturated heterocycles. The van der Waals surface area contributed by atoms with Crippen molar-refractivity contribution in [3.8, 4) is 6.07 Å². The zero-order valence-corrected chi connectivity index (χ0v) is 29.1. The summed E-state index contributed by atoms with van der Waals surface area (Å²) in [6.07, 6.45) is 8.90. The summed E-state index contributed by atoms with van der Waals surface area (Å²) in [7, 11) is 0. The molecule has 0 heterocycles. The van der Waals surface area contributed by atoms with Crippen molar-refractivity contribution in [1.82, 2.24) is 0 Å². The molecule has 5 aliphatic carbocycles. The highest BCUT2D eigenvalue weighted by Gasteiger charge is 2.71. The van der Waals surface area contributed by atoms with Gasteiger partial charge in [-0.3, -0.25) is 9.59 Å². The highest BCUT2D eigenvalue weighted by molar-refractivity contribution is 6.04. The number of nitriles is 1. The summed E-state index contributed by atoms with van der Waals surface area (Å²) in [4.78, 5) is 47.7. The van der Waals surface area contributed by atoms with Crippen LogP contribution in [-0.4, -0.2) is 35.6 Å². The Balaban J connectivity index is 1.57. The van der Waals surface area contributed by atoms with Gasteiger partial charge in [-0.1, -0.05) is 65.3 Å². The number of hydrogen-bond acceptors (Lipinski definition) is 7. The molecular weight excluding hydrogens is 566 g/mol. The Morgan fingerprint density at radius 3 is 2.31 bits per heavy atom. The smallest absolute Gasteiger partial charge is 0.341 e. The lowest BCUT2D eigenvalue weighted by atomic mass is 9.34. The number of carbonyl (C=O) groups excluding carboxylic acids is 3. The van der Waals surface area contributed by atoms with Gasteiger partial charge in [0.05, 0.1) is 16.6 Å². The van der Waals surface area contributed by atoms with E-state index in [0.717, 1.165) is 31.3 Å². The molecule has 2 N–H and O–H groups in total. The molecule has 5 aliphatic rings. The molecular formula is C37H53N3O5. The second-order valence-electron chi connectivity index (χ2n) is 17.8. The van der Waals surface area contributed by atoms with E-state index in [2.05, 4.69) is 45.8 Å².